The number of nitrogens with two attached hydrogens (primary N) is 1. The van der Waals surface area contributed by atoms with E-state index < -0.39 is 0 Å². The molecule has 0 aliphatic carbocycles. The van der Waals surface area contributed by atoms with E-state index in [1.54, 1.807) is 7.11 Å². The van der Waals surface area contributed by atoms with Gasteiger partial charge in [0.15, 0.2) is 0 Å². The van der Waals surface area contributed by atoms with E-state index >= 15 is 0 Å². The monoisotopic (exact) mass is 332 g/mol. The highest BCUT2D eigenvalue weighted by Crippen LogP contribution is 2.26. The minimum absolute atomic E-state index is 0.110. The van der Waals surface area contributed by atoms with E-state index in [2.05, 4.69) is 5.32 Å². The molecule has 0 aliphatic heterocycles. The summed E-state index contributed by atoms with van der Waals surface area (Å²) in [6.07, 6.45) is -0.0243. The third kappa shape index (κ3) is 4.79. The van der Waals surface area contributed by atoms with Gasteiger partial charge in [0.05, 0.1) is 12.5 Å². The highest BCUT2D eigenvalue weighted by Gasteiger charge is 2.12. The summed E-state index contributed by atoms with van der Waals surface area (Å²) in [5.41, 5.74) is 9.40. The number of methoxy groups -OCH3 is 1. The van der Waals surface area contributed by atoms with Crippen LogP contribution in [0, 0.1) is 6.92 Å². The van der Waals surface area contributed by atoms with Gasteiger partial charge in [-0.2, -0.15) is 0 Å². The van der Waals surface area contributed by atoms with Gasteiger partial charge >= 0.3 is 0 Å². The van der Waals surface area contributed by atoms with Crippen LogP contribution in [0.1, 0.15) is 12.0 Å². The predicted molar refractivity (Wildman–Crippen MR) is 94.7 cm³/mol. The molecule has 1 amide bonds. The molecule has 0 aliphatic rings. The molecule has 0 fully saturated rings. The maximum absolute atomic E-state index is 12.0. The lowest BCUT2D eigenvalue weighted by Gasteiger charge is -2.14. The Balaban J connectivity index is 2.12. The molecule has 2 rings (SSSR count). The van der Waals surface area contributed by atoms with Crippen LogP contribution in [-0.4, -0.2) is 25.7 Å². The SMILES string of the molecule is COC(CN)CC(=O)Nc1ccc(-c2cccc(Cl)c2)cc1C. The molecule has 0 heterocycles. The number of aryl methyl sites for hydroxylation is 1. The molecule has 0 saturated heterocycles. The lowest BCUT2D eigenvalue weighted by molar-refractivity contribution is -0.118. The van der Waals surface area contributed by atoms with Crippen molar-refractivity contribution in [1.29, 1.82) is 0 Å². The normalized spacial score (nSPS) is 12.0. The van der Waals surface area contributed by atoms with Crippen molar-refractivity contribution in [3.05, 3.63) is 53.1 Å². The fourth-order valence-corrected chi connectivity index (χ4v) is 2.51. The molecule has 1 atom stereocenters. The van der Waals surface area contributed by atoms with Crippen molar-refractivity contribution in [1.82, 2.24) is 0 Å². The first-order chi connectivity index (χ1) is 11.0. The second kappa shape index (κ2) is 8.11. The van der Waals surface area contributed by atoms with Gasteiger partial charge in [-0.1, -0.05) is 29.8 Å². The standard InChI is InChI=1S/C18H21ClN2O2/c1-12-8-14(13-4-3-5-15(19)9-13)6-7-17(12)21-18(22)10-16(11-20)23-2/h3-9,16H,10-11,20H2,1-2H3,(H,21,22). The molecule has 122 valence electrons. The summed E-state index contributed by atoms with van der Waals surface area (Å²) in [5.74, 6) is -0.110. The average molecular weight is 333 g/mol. The second-order valence-corrected chi connectivity index (χ2v) is 5.82. The van der Waals surface area contributed by atoms with Crippen LogP contribution in [0.15, 0.2) is 42.5 Å². The fraction of sp³-hybridized carbons (Fsp3) is 0.278. The zero-order valence-corrected chi connectivity index (χ0v) is 14.1. The molecule has 0 bridgehead atoms. The van der Waals surface area contributed by atoms with Crippen LogP contribution in [0.25, 0.3) is 11.1 Å². The van der Waals surface area contributed by atoms with Crippen molar-refractivity contribution in [2.45, 2.75) is 19.4 Å². The summed E-state index contributed by atoms with van der Waals surface area (Å²) in [6.45, 7) is 2.27. The van der Waals surface area contributed by atoms with Gasteiger partial charge in [0.2, 0.25) is 5.91 Å². The van der Waals surface area contributed by atoms with Crippen LogP contribution in [0.4, 0.5) is 5.69 Å². The number of halogens is 1. The number of amides is 1. The average Bonchev–Trinajstić information content (AvgIpc) is 2.54. The minimum Gasteiger partial charge on any atom is -0.380 e. The molecular formula is C18H21ClN2O2. The Hall–Kier alpha value is -1.88. The molecule has 0 radical (unpaired) electrons. The summed E-state index contributed by atoms with van der Waals surface area (Å²) in [4.78, 5) is 12.0. The van der Waals surface area contributed by atoms with Crippen molar-refractivity contribution in [3.63, 3.8) is 0 Å². The van der Waals surface area contributed by atoms with Crippen LogP contribution < -0.4 is 11.1 Å². The zero-order chi connectivity index (χ0) is 16.8. The lowest BCUT2D eigenvalue weighted by atomic mass is 10.0. The van der Waals surface area contributed by atoms with Gasteiger partial charge in [0.1, 0.15) is 0 Å². The van der Waals surface area contributed by atoms with Gasteiger partial charge in [-0.3, -0.25) is 4.79 Å². The molecule has 5 heteroatoms. The van der Waals surface area contributed by atoms with E-state index in [1.807, 2.05) is 49.4 Å². The maximum Gasteiger partial charge on any atom is 0.227 e. The van der Waals surface area contributed by atoms with Gasteiger partial charge < -0.3 is 15.8 Å². The maximum atomic E-state index is 12.0. The van der Waals surface area contributed by atoms with Gasteiger partial charge in [-0.15, -0.1) is 0 Å². The smallest absolute Gasteiger partial charge is 0.227 e. The predicted octanol–water partition coefficient (Wildman–Crippen LogP) is 3.62. The number of anilines is 1. The number of hydrogen-bond donors (Lipinski definition) is 2. The Morgan fingerprint density at radius 3 is 2.61 bits per heavy atom. The summed E-state index contributed by atoms with van der Waals surface area (Å²) in [7, 11) is 1.55. The molecule has 2 aromatic carbocycles. The highest BCUT2D eigenvalue weighted by molar-refractivity contribution is 6.30. The minimum atomic E-state index is -0.263. The van der Waals surface area contributed by atoms with Gasteiger partial charge in [-0.25, -0.2) is 0 Å². The number of hydrogen-bond acceptors (Lipinski definition) is 3. The summed E-state index contributed by atoms with van der Waals surface area (Å²) >= 11 is 6.03. The number of rotatable bonds is 6. The van der Waals surface area contributed by atoms with Gasteiger partial charge in [0, 0.05) is 24.4 Å². The molecule has 3 N–H and O–H groups in total. The van der Waals surface area contributed by atoms with E-state index in [0.717, 1.165) is 22.4 Å². The molecule has 23 heavy (non-hydrogen) atoms. The Labute approximate surface area is 141 Å². The summed E-state index contributed by atoms with van der Waals surface area (Å²) in [6, 6.07) is 13.6. The zero-order valence-electron chi connectivity index (χ0n) is 13.3. The van der Waals surface area contributed by atoms with Crippen molar-refractivity contribution >= 4 is 23.2 Å². The number of carbonyl (C=O) groups excluding carboxylic acids is 1. The summed E-state index contributed by atoms with van der Waals surface area (Å²) in [5, 5.41) is 3.60. The first-order valence-corrected chi connectivity index (χ1v) is 7.80. The molecule has 0 saturated carbocycles. The topological polar surface area (TPSA) is 64.3 Å². The van der Waals surface area contributed by atoms with E-state index in [4.69, 9.17) is 22.1 Å². The molecular weight excluding hydrogens is 312 g/mol. The van der Waals surface area contributed by atoms with Crippen molar-refractivity contribution in [2.24, 2.45) is 5.73 Å². The number of benzene rings is 2. The van der Waals surface area contributed by atoms with E-state index in [1.165, 1.54) is 0 Å². The van der Waals surface area contributed by atoms with Crippen LogP contribution in [0.3, 0.4) is 0 Å². The Morgan fingerprint density at radius 1 is 1.26 bits per heavy atom. The van der Waals surface area contributed by atoms with Crippen LogP contribution in [0.5, 0.6) is 0 Å². The third-order valence-corrected chi connectivity index (χ3v) is 3.90. The van der Waals surface area contributed by atoms with Crippen molar-refractivity contribution in [2.75, 3.05) is 19.0 Å². The number of ether oxygens (including phenoxy) is 1. The molecule has 2 aromatic rings. The van der Waals surface area contributed by atoms with E-state index in [-0.39, 0.29) is 18.4 Å². The molecule has 1 unspecified atom stereocenters. The summed E-state index contributed by atoms with van der Waals surface area (Å²) < 4.78 is 5.13. The first kappa shape index (κ1) is 17.5. The molecule has 0 spiro atoms. The molecule has 4 nitrogen and oxygen atoms in total. The first-order valence-electron chi connectivity index (χ1n) is 7.42. The number of nitrogens with one attached hydrogen (secondary N) is 1. The largest absolute Gasteiger partial charge is 0.380 e. The highest BCUT2D eigenvalue weighted by atomic mass is 35.5. The molecule has 0 aromatic heterocycles. The Kier molecular flexibility index (Phi) is 6.16. The Morgan fingerprint density at radius 2 is 2.00 bits per heavy atom. The van der Waals surface area contributed by atoms with Crippen molar-refractivity contribution in [3.8, 4) is 11.1 Å². The van der Waals surface area contributed by atoms with Gasteiger partial charge in [0.25, 0.3) is 0 Å². The van der Waals surface area contributed by atoms with Gasteiger partial charge in [-0.05, 0) is 47.9 Å². The number of carbonyl (C=O) groups is 1. The quantitative estimate of drug-likeness (QED) is 0.849. The van der Waals surface area contributed by atoms with Crippen LogP contribution >= 0.6 is 11.6 Å². The Bertz CT molecular complexity index is 684. The van der Waals surface area contributed by atoms with Crippen LogP contribution in [-0.2, 0) is 9.53 Å². The lowest BCUT2D eigenvalue weighted by Crippen LogP contribution is -2.28. The fourth-order valence-electron chi connectivity index (χ4n) is 2.32. The third-order valence-electron chi connectivity index (χ3n) is 3.67. The second-order valence-electron chi connectivity index (χ2n) is 5.39. The van der Waals surface area contributed by atoms with E-state index in [0.29, 0.717) is 11.6 Å². The van der Waals surface area contributed by atoms with E-state index in [9.17, 15) is 4.79 Å². The van der Waals surface area contributed by atoms with Crippen LogP contribution in [0.2, 0.25) is 5.02 Å². The van der Waals surface area contributed by atoms with Crippen molar-refractivity contribution < 1.29 is 9.53 Å².